The number of furan rings is 1. The van der Waals surface area contributed by atoms with Crippen molar-refractivity contribution in [3.63, 3.8) is 0 Å². The van der Waals surface area contributed by atoms with Crippen LogP contribution in [0.15, 0.2) is 33.2 Å². The SMILES string of the molecule is CC(NCC(C)(C)C)c1cc2cc(Br)ccc2o1. The molecular formula is C15H20BrNO. The molecule has 0 fully saturated rings. The summed E-state index contributed by atoms with van der Waals surface area (Å²) in [6.45, 7) is 9.78. The van der Waals surface area contributed by atoms with Crippen LogP contribution in [0.5, 0.6) is 0 Å². The van der Waals surface area contributed by atoms with Gasteiger partial charge in [-0.25, -0.2) is 0 Å². The van der Waals surface area contributed by atoms with Gasteiger partial charge in [0.2, 0.25) is 0 Å². The topological polar surface area (TPSA) is 25.2 Å². The fourth-order valence-electron chi connectivity index (χ4n) is 1.81. The molecule has 0 bridgehead atoms. The largest absolute Gasteiger partial charge is 0.459 e. The van der Waals surface area contributed by atoms with Crippen molar-refractivity contribution in [2.45, 2.75) is 33.7 Å². The highest BCUT2D eigenvalue weighted by Crippen LogP contribution is 2.27. The van der Waals surface area contributed by atoms with Crippen LogP contribution >= 0.6 is 15.9 Å². The van der Waals surface area contributed by atoms with E-state index in [0.717, 1.165) is 27.7 Å². The maximum Gasteiger partial charge on any atom is 0.134 e. The molecule has 2 nitrogen and oxygen atoms in total. The molecule has 1 aromatic heterocycles. The van der Waals surface area contributed by atoms with Gasteiger partial charge in [0.15, 0.2) is 0 Å². The number of nitrogens with one attached hydrogen (secondary N) is 1. The van der Waals surface area contributed by atoms with Crippen LogP contribution in [0.4, 0.5) is 0 Å². The van der Waals surface area contributed by atoms with Gasteiger partial charge in [-0.2, -0.15) is 0 Å². The van der Waals surface area contributed by atoms with Crippen molar-refractivity contribution in [2.75, 3.05) is 6.54 Å². The van der Waals surface area contributed by atoms with E-state index < -0.39 is 0 Å². The van der Waals surface area contributed by atoms with Crippen molar-refractivity contribution in [3.05, 3.63) is 34.5 Å². The van der Waals surface area contributed by atoms with Crippen LogP contribution in [0.2, 0.25) is 0 Å². The molecule has 0 aliphatic carbocycles. The van der Waals surface area contributed by atoms with E-state index in [1.54, 1.807) is 0 Å². The Bertz CT molecular complexity index is 539. The highest BCUT2D eigenvalue weighted by atomic mass is 79.9. The molecule has 3 heteroatoms. The van der Waals surface area contributed by atoms with E-state index in [1.165, 1.54) is 0 Å². The third-order valence-corrected chi connectivity index (χ3v) is 3.36. The summed E-state index contributed by atoms with van der Waals surface area (Å²) < 4.78 is 6.95. The van der Waals surface area contributed by atoms with Crippen molar-refractivity contribution in [3.8, 4) is 0 Å². The summed E-state index contributed by atoms with van der Waals surface area (Å²) in [5, 5.41) is 4.65. The van der Waals surface area contributed by atoms with Gasteiger partial charge in [0.25, 0.3) is 0 Å². The quantitative estimate of drug-likeness (QED) is 0.873. The van der Waals surface area contributed by atoms with E-state index in [2.05, 4.69) is 61.1 Å². The van der Waals surface area contributed by atoms with Crippen LogP contribution in [0, 0.1) is 5.41 Å². The zero-order valence-corrected chi connectivity index (χ0v) is 13.0. The third kappa shape index (κ3) is 3.36. The van der Waals surface area contributed by atoms with Crippen LogP contribution in [-0.2, 0) is 0 Å². The smallest absolute Gasteiger partial charge is 0.134 e. The Morgan fingerprint density at radius 2 is 2.00 bits per heavy atom. The van der Waals surface area contributed by atoms with E-state index in [9.17, 15) is 0 Å². The van der Waals surface area contributed by atoms with Crippen molar-refractivity contribution < 1.29 is 4.42 Å². The van der Waals surface area contributed by atoms with Gasteiger partial charge in [-0.1, -0.05) is 36.7 Å². The van der Waals surface area contributed by atoms with E-state index in [4.69, 9.17) is 4.42 Å². The van der Waals surface area contributed by atoms with Crippen molar-refractivity contribution in [2.24, 2.45) is 5.41 Å². The summed E-state index contributed by atoms with van der Waals surface area (Å²) in [5.41, 5.74) is 1.22. The molecule has 1 atom stereocenters. The van der Waals surface area contributed by atoms with Gasteiger partial charge in [-0.3, -0.25) is 0 Å². The van der Waals surface area contributed by atoms with Crippen LogP contribution in [0.25, 0.3) is 11.0 Å². The van der Waals surface area contributed by atoms with Crippen LogP contribution in [-0.4, -0.2) is 6.54 Å². The normalized spacial score (nSPS) is 14.1. The zero-order chi connectivity index (χ0) is 13.3. The highest BCUT2D eigenvalue weighted by molar-refractivity contribution is 9.10. The predicted molar refractivity (Wildman–Crippen MR) is 79.8 cm³/mol. The van der Waals surface area contributed by atoms with E-state index >= 15 is 0 Å². The Kier molecular flexibility index (Phi) is 3.83. The molecule has 0 saturated carbocycles. The maximum atomic E-state index is 5.87. The lowest BCUT2D eigenvalue weighted by Crippen LogP contribution is -2.28. The van der Waals surface area contributed by atoms with Gasteiger partial charge in [0, 0.05) is 16.4 Å². The monoisotopic (exact) mass is 309 g/mol. The second-order valence-corrected chi connectivity index (χ2v) is 6.91. The van der Waals surface area contributed by atoms with Crippen molar-refractivity contribution >= 4 is 26.9 Å². The molecule has 18 heavy (non-hydrogen) atoms. The van der Waals surface area contributed by atoms with E-state index in [0.29, 0.717) is 0 Å². The molecule has 1 aromatic carbocycles. The summed E-state index contributed by atoms with van der Waals surface area (Å²) in [5.74, 6) is 0.993. The molecule has 0 spiro atoms. The summed E-state index contributed by atoms with van der Waals surface area (Å²) in [6.07, 6.45) is 0. The molecule has 0 radical (unpaired) electrons. The standard InChI is InChI=1S/C15H20BrNO/c1-10(17-9-15(2,3)4)14-8-11-7-12(16)5-6-13(11)18-14/h5-8,10,17H,9H2,1-4H3. The van der Waals surface area contributed by atoms with Crippen LogP contribution in [0.1, 0.15) is 39.5 Å². The molecular weight excluding hydrogens is 290 g/mol. The van der Waals surface area contributed by atoms with Gasteiger partial charge in [0.1, 0.15) is 11.3 Å². The summed E-state index contributed by atoms with van der Waals surface area (Å²) in [6, 6.07) is 8.43. The predicted octanol–water partition coefficient (Wildman–Crippen LogP) is 4.89. The maximum absolute atomic E-state index is 5.87. The lowest BCUT2D eigenvalue weighted by molar-refractivity contribution is 0.342. The second kappa shape index (κ2) is 5.06. The molecule has 0 aliphatic rings. The Hall–Kier alpha value is -0.800. The summed E-state index contributed by atoms with van der Waals surface area (Å²) in [4.78, 5) is 0. The number of halogens is 1. The molecule has 0 amide bonds. The average Bonchev–Trinajstić information content (AvgIpc) is 2.67. The fraction of sp³-hybridized carbons (Fsp3) is 0.467. The van der Waals surface area contributed by atoms with Gasteiger partial charge < -0.3 is 9.73 Å². The summed E-state index contributed by atoms with van der Waals surface area (Å²) >= 11 is 3.48. The first-order chi connectivity index (χ1) is 8.35. The minimum absolute atomic E-state index is 0.232. The molecule has 1 N–H and O–H groups in total. The van der Waals surface area contributed by atoms with Gasteiger partial charge >= 0.3 is 0 Å². The highest BCUT2D eigenvalue weighted by Gasteiger charge is 2.15. The minimum Gasteiger partial charge on any atom is -0.459 e. The zero-order valence-electron chi connectivity index (χ0n) is 11.4. The lowest BCUT2D eigenvalue weighted by Gasteiger charge is -2.21. The first-order valence-corrected chi connectivity index (χ1v) is 7.07. The van der Waals surface area contributed by atoms with Gasteiger partial charge in [-0.15, -0.1) is 0 Å². The molecule has 0 saturated heterocycles. The fourth-order valence-corrected chi connectivity index (χ4v) is 2.19. The van der Waals surface area contributed by atoms with Crippen molar-refractivity contribution in [1.82, 2.24) is 5.32 Å². The van der Waals surface area contributed by atoms with Gasteiger partial charge in [-0.05, 0) is 36.6 Å². The van der Waals surface area contributed by atoms with E-state index in [1.807, 2.05) is 12.1 Å². The van der Waals surface area contributed by atoms with E-state index in [-0.39, 0.29) is 11.5 Å². The van der Waals surface area contributed by atoms with Gasteiger partial charge in [0.05, 0.1) is 6.04 Å². The van der Waals surface area contributed by atoms with Crippen molar-refractivity contribution in [1.29, 1.82) is 0 Å². The molecule has 1 heterocycles. The first kappa shape index (κ1) is 13.6. The molecule has 98 valence electrons. The number of hydrogen-bond acceptors (Lipinski definition) is 2. The Labute approximate surface area is 117 Å². The number of benzene rings is 1. The second-order valence-electron chi connectivity index (χ2n) is 5.99. The first-order valence-electron chi connectivity index (χ1n) is 6.27. The lowest BCUT2D eigenvalue weighted by atomic mass is 9.96. The molecule has 1 unspecified atom stereocenters. The number of rotatable bonds is 3. The number of hydrogen-bond donors (Lipinski definition) is 1. The third-order valence-electron chi connectivity index (χ3n) is 2.86. The average molecular weight is 310 g/mol. The Balaban J connectivity index is 2.15. The van der Waals surface area contributed by atoms with Crippen LogP contribution < -0.4 is 5.32 Å². The Morgan fingerprint density at radius 3 is 2.67 bits per heavy atom. The summed E-state index contributed by atoms with van der Waals surface area (Å²) in [7, 11) is 0. The number of fused-ring (bicyclic) bond motifs is 1. The van der Waals surface area contributed by atoms with Crippen LogP contribution in [0.3, 0.4) is 0 Å². The molecule has 2 rings (SSSR count). The molecule has 2 aromatic rings. The molecule has 0 aliphatic heterocycles. The minimum atomic E-state index is 0.232. The Morgan fingerprint density at radius 1 is 1.28 bits per heavy atom.